The monoisotopic (exact) mass is 386 g/mol. The van der Waals surface area contributed by atoms with Crippen molar-refractivity contribution in [2.75, 3.05) is 31.1 Å². The Hall–Kier alpha value is -2.27. The van der Waals surface area contributed by atoms with Gasteiger partial charge in [-0.2, -0.15) is 0 Å². The van der Waals surface area contributed by atoms with Crippen LogP contribution in [0.2, 0.25) is 0 Å². The molecule has 5 heteroatoms. The molecule has 0 aliphatic carbocycles. The van der Waals surface area contributed by atoms with Gasteiger partial charge in [0.1, 0.15) is 11.6 Å². The molecule has 0 radical (unpaired) electrons. The Morgan fingerprint density at radius 2 is 1.75 bits per heavy atom. The maximum Gasteiger partial charge on any atom is 0.226 e. The summed E-state index contributed by atoms with van der Waals surface area (Å²) in [7, 11) is 0. The van der Waals surface area contributed by atoms with E-state index in [0.29, 0.717) is 24.6 Å². The Bertz CT molecular complexity index is 788. The van der Waals surface area contributed by atoms with Gasteiger partial charge in [-0.3, -0.25) is 4.79 Å². The summed E-state index contributed by atoms with van der Waals surface area (Å²) >= 11 is 0. The zero-order valence-corrected chi connectivity index (χ0v) is 16.4. The summed E-state index contributed by atoms with van der Waals surface area (Å²) < 4.78 is 26.9. The molecule has 3 rings (SSSR count). The van der Waals surface area contributed by atoms with Crippen molar-refractivity contribution in [2.45, 2.75) is 32.6 Å². The molecule has 28 heavy (non-hydrogen) atoms. The number of likely N-dealkylation sites (tertiary alicyclic amines) is 1. The summed E-state index contributed by atoms with van der Waals surface area (Å²) in [5.74, 6) is -0.0730. The van der Waals surface area contributed by atoms with E-state index in [9.17, 15) is 13.6 Å². The number of benzene rings is 2. The molecule has 1 heterocycles. The predicted octanol–water partition coefficient (Wildman–Crippen LogP) is 4.66. The number of anilines is 1. The highest BCUT2D eigenvalue weighted by Gasteiger charge is 2.24. The molecule has 1 fully saturated rings. The largest absolute Gasteiger partial charge is 0.312 e. The highest BCUT2D eigenvalue weighted by molar-refractivity contribution is 5.93. The van der Waals surface area contributed by atoms with Crippen molar-refractivity contribution >= 4 is 11.6 Å². The molecule has 2 aromatic rings. The highest BCUT2D eigenvalue weighted by atomic mass is 19.1. The van der Waals surface area contributed by atoms with Crippen LogP contribution in [0, 0.1) is 17.6 Å². The molecular formula is C23H28F2N2O. The molecule has 0 aromatic heterocycles. The van der Waals surface area contributed by atoms with E-state index in [2.05, 4.69) is 4.90 Å². The van der Waals surface area contributed by atoms with Crippen LogP contribution in [0.4, 0.5) is 14.5 Å². The van der Waals surface area contributed by atoms with Crippen LogP contribution in [0.15, 0.2) is 48.5 Å². The first kappa shape index (κ1) is 20.5. The van der Waals surface area contributed by atoms with Gasteiger partial charge in [-0.15, -0.1) is 0 Å². The first-order valence-electron chi connectivity index (χ1n) is 10.1. The molecule has 1 aliphatic heterocycles. The van der Waals surface area contributed by atoms with E-state index in [0.717, 1.165) is 44.5 Å². The van der Waals surface area contributed by atoms with Crippen LogP contribution < -0.4 is 4.90 Å². The molecule has 150 valence electrons. The Kier molecular flexibility index (Phi) is 7.15. The van der Waals surface area contributed by atoms with Crippen molar-refractivity contribution in [3.8, 4) is 0 Å². The van der Waals surface area contributed by atoms with Gasteiger partial charge in [-0.1, -0.05) is 25.1 Å². The van der Waals surface area contributed by atoms with Crippen molar-refractivity contribution in [1.29, 1.82) is 0 Å². The van der Waals surface area contributed by atoms with Crippen molar-refractivity contribution in [3.05, 3.63) is 65.7 Å². The third-order valence-corrected chi connectivity index (χ3v) is 5.48. The number of halogens is 2. The molecule has 0 atom stereocenters. The van der Waals surface area contributed by atoms with E-state index < -0.39 is 0 Å². The third-order valence-electron chi connectivity index (χ3n) is 5.48. The van der Waals surface area contributed by atoms with Crippen molar-refractivity contribution in [3.63, 3.8) is 0 Å². The molecule has 2 aromatic carbocycles. The molecular weight excluding hydrogens is 358 g/mol. The van der Waals surface area contributed by atoms with Crippen LogP contribution in [-0.4, -0.2) is 37.0 Å². The quantitative estimate of drug-likeness (QED) is 0.691. The molecule has 3 nitrogen and oxygen atoms in total. The van der Waals surface area contributed by atoms with Gasteiger partial charge < -0.3 is 9.80 Å². The number of hydrogen-bond donors (Lipinski definition) is 0. The van der Waals surface area contributed by atoms with Gasteiger partial charge in [-0.25, -0.2) is 8.78 Å². The van der Waals surface area contributed by atoms with Gasteiger partial charge in [-0.05, 0) is 74.2 Å². The van der Waals surface area contributed by atoms with Crippen LogP contribution in [0.5, 0.6) is 0 Å². The first-order chi connectivity index (χ1) is 13.5. The Morgan fingerprint density at radius 3 is 2.39 bits per heavy atom. The maximum atomic E-state index is 13.6. The number of nitrogens with zero attached hydrogens (tertiary/aromatic N) is 2. The van der Waals surface area contributed by atoms with Crippen molar-refractivity contribution in [1.82, 2.24) is 4.90 Å². The van der Waals surface area contributed by atoms with E-state index in [1.807, 2.05) is 13.0 Å². The van der Waals surface area contributed by atoms with Crippen LogP contribution in [0.3, 0.4) is 0 Å². The van der Waals surface area contributed by atoms with Crippen LogP contribution in [0.25, 0.3) is 0 Å². The molecule has 1 aliphatic rings. The first-order valence-corrected chi connectivity index (χ1v) is 10.1. The molecule has 0 spiro atoms. The summed E-state index contributed by atoms with van der Waals surface area (Å²) in [6, 6.07) is 13.1. The predicted molar refractivity (Wildman–Crippen MR) is 108 cm³/mol. The molecule has 0 N–H and O–H groups in total. The zero-order valence-electron chi connectivity index (χ0n) is 16.4. The third kappa shape index (κ3) is 5.61. The van der Waals surface area contributed by atoms with Gasteiger partial charge in [0, 0.05) is 25.2 Å². The fraction of sp³-hybridized carbons (Fsp3) is 0.435. The standard InChI is InChI=1S/C23H28F2N2O/c1-2-23(28)27(22-8-4-7-21(25)16-22)17-19-10-13-26(14-11-19)12-9-18-5-3-6-20(24)15-18/h3-8,15-16,19H,2,9-14,17H2,1H3. The van der Waals surface area contributed by atoms with Gasteiger partial charge in [0.05, 0.1) is 0 Å². The van der Waals surface area contributed by atoms with Crippen LogP contribution in [0.1, 0.15) is 31.7 Å². The Labute approximate surface area is 166 Å². The zero-order chi connectivity index (χ0) is 19.9. The Balaban J connectivity index is 1.52. The fourth-order valence-electron chi connectivity index (χ4n) is 3.82. The summed E-state index contributed by atoms with van der Waals surface area (Å²) in [4.78, 5) is 16.5. The van der Waals surface area contributed by atoms with Gasteiger partial charge in [0.25, 0.3) is 0 Å². The normalized spacial score (nSPS) is 15.5. The summed E-state index contributed by atoms with van der Waals surface area (Å²) in [5.41, 5.74) is 1.66. The van der Waals surface area contributed by atoms with Gasteiger partial charge in [0.15, 0.2) is 0 Å². The average molecular weight is 386 g/mol. The summed E-state index contributed by atoms with van der Waals surface area (Å²) in [6.07, 6.45) is 3.26. The lowest BCUT2D eigenvalue weighted by molar-refractivity contribution is -0.118. The number of piperidine rings is 1. The minimum Gasteiger partial charge on any atom is -0.312 e. The van der Waals surface area contributed by atoms with E-state index >= 15 is 0 Å². The number of amides is 1. The molecule has 1 saturated heterocycles. The SMILES string of the molecule is CCC(=O)N(CC1CCN(CCc2cccc(F)c2)CC1)c1cccc(F)c1. The lowest BCUT2D eigenvalue weighted by Gasteiger charge is -2.35. The number of carbonyl (C=O) groups is 1. The molecule has 0 bridgehead atoms. The highest BCUT2D eigenvalue weighted by Crippen LogP contribution is 2.24. The summed E-state index contributed by atoms with van der Waals surface area (Å²) in [5, 5.41) is 0. The lowest BCUT2D eigenvalue weighted by atomic mass is 9.95. The molecule has 0 saturated carbocycles. The number of carbonyl (C=O) groups excluding carboxylic acids is 1. The van der Waals surface area contributed by atoms with Crippen LogP contribution in [-0.2, 0) is 11.2 Å². The second kappa shape index (κ2) is 9.78. The maximum absolute atomic E-state index is 13.6. The second-order valence-electron chi connectivity index (χ2n) is 7.50. The van der Waals surface area contributed by atoms with Gasteiger partial charge >= 0.3 is 0 Å². The van der Waals surface area contributed by atoms with E-state index in [4.69, 9.17) is 0 Å². The lowest BCUT2D eigenvalue weighted by Crippen LogP contribution is -2.41. The fourth-order valence-corrected chi connectivity index (χ4v) is 3.82. The Morgan fingerprint density at radius 1 is 1.07 bits per heavy atom. The van der Waals surface area contributed by atoms with E-state index in [1.165, 1.54) is 18.2 Å². The molecule has 0 unspecified atom stereocenters. The summed E-state index contributed by atoms with van der Waals surface area (Å²) in [6.45, 7) is 5.32. The second-order valence-corrected chi connectivity index (χ2v) is 7.50. The van der Waals surface area contributed by atoms with Crippen LogP contribution >= 0.6 is 0 Å². The molecule has 1 amide bonds. The van der Waals surface area contributed by atoms with Crippen molar-refractivity contribution in [2.24, 2.45) is 5.92 Å². The average Bonchev–Trinajstić information content (AvgIpc) is 2.71. The van der Waals surface area contributed by atoms with Gasteiger partial charge in [0.2, 0.25) is 5.91 Å². The minimum absolute atomic E-state index is 0.0270. The minimum atomic E-state index is -0.321. The topological polar surface area (TPSA) is 23.6 Å². The number of rotatable bonds is 7. The smallest absolute Gasteiger partial charge is 0.226 e. The van der Waals surface area contributed by atoms with E-state index in [-0.39, 0.29) is 17.5 Å². The van der Waals surface area contributed by atoms with E-state index in [1.54, 1.807) is 29.2 Å². The van der Waals surface area contributed by atoms with Crippen molar-refractivity contribution < 1.29 is 13.6 Å². The number of hydrogen-bond acceptors (Lipinski definition) is 2.